The van der Waals surface area contributed by atoms with E-state index in [4.69, 9.17) is 0 Å². The Kier molecular flexibility index (Phi) is 3.66. The molecule has 15 heavy (non-hydrogen) atoms. The maximum atomic E-state index is 4.23. The van der Waals surface area contributed by atoms with Crippen molar-refractivity contribution in [2.45, 2.75) is 31.7 Å². The van der Waals surface area contributed by atoms with E-state index < -0.39 is 0 Å². The predicted molar refractivity (Wildman–Crippen MR) is 64.8 cm³/mol. The number of hydrogen-bond donors (Lipinski definition) is 0. The maximum absolute atomic E-state index is 4.23. The zero-order chi connectivity index (χ0) is 10.3. The van der Waals surface area contributed by atoms with Gasteiger partial charge in [-0.15, -0.1) is 0 Å². The second-order valence-corrected chi connectivity index (χ2v) is 3.86. The second kappa shape index (κ2) is 5.44. The Morgan fingerprint density at radius 3 is 2.67 bits per heavy atom. The summed E-state index contributed by atoms with van der Waals surface area (Å²) < 4.78 is 0. The van der Waals surface area contributed by atoms with Gasteiger partial charge in [-0.05, 0) is 24.8 Å². The molecule has 0 aromatic heterocycles. The normalized spacial score (nSPS) is 18.5. The third kappa shape index (κ3) is 3.31. The van der Waals surface area contributed by atoms with Gasteiger partial charge >= 0.3 is 0 Å². The Morgan fingerprint density at radius 2 is 1.93 bits per heavy atom. The molecule has 1 atom stereocenters. The molecular formula is C13H16N2. The highest BCUT2D eigenvalue weighted by atomic mass is 14.9. The lowest BCUT2D eigenvalue weighted by Crippen LogP contribution is -2.02. The first kappa shape index (κ1) is 10.1. The van der Waals surface area contributed by atoms with Crippen LogP contribution in [0.2, 0.25) is 0 Å². The van der Waals surface area contributed by atoms with Crippen LogP contribution in [0.15, 0.2) is 40.3 Å². The average Bonchev–Trinajstić information content (AvgIpc) is 2.79. The molecule has 1 aromatic rings. The fraction of sp³-hybridized carbons (Fsp3) is 0.385. The van der Waals surface area contributed by atoms with Crippen LogP contribution in [0, 0.1) is 0 Å². The van der Waals surface area contributed by atoms with Gasteiger partial charge in [-0.1, -0.05) is 36.8 Å². The third-order valence-electron chi connectivity index (χ3n) is 2.64. The van der Waals surface area contributed by atoms with E-state index in [1.165, 1.54) is 24.8 Å². The number of aryl methyl sites for hydroxylation is 1. The van der Waals surface area contributed by atoms with E-state index in [-0.39, 0.29) is 0 Å². The van der Waals surface area contributed by atoms with Crippen molar-refractivity contribution in [1.82, 2.24) is 0 Å². The lowest BCUT2D eigenvalue weighted by Gasteiger charge is -2.03. The van der Waals surface area contributed by atoms with Crippen LogP contribution in [0.4, 0.5) is 0 Å². The van der Waals surface area contributed by atoms with Gasteiger partial charge in [0.1, 0.15) is 6.34 Å². The Morgan fingerprint density at radius 1 is 1.07 bits per heavy atom. The van der Waals surface area contributed by atoms with Crippen LogP contribution in [-0.4, -0.2) is 18.6 Å². The van der Waals surface area contributed by atoms with Gasteiger partial charge in [-0.2, -0.15) is 0 Å². The smallest absolute Gasteiger partial charge is 0.110 e. The van der Waals surface area contributed by atoms with E-state index in [1.54, 1.807) is 6.34 Å². The molecule has 0 radical (unpaired) electrons. The highest BCUT2D eigenvalue weighted by Gasteiger charge is 2.04. The molecule has 0 saturated heterocycles. The van der Waals surface area contributed by atoms with Gasteiger partial charge in [0.05, 0.1) is 6.04 Å². The fourth-order valence-electron chi connectivity index (χ4n) is 1.78. The van der Waals surface area contributed by atoms with Crippen molar-refractivity contribution < 1.29 is 0 Å². The number of rotatable bonds is 5. The van der Waals surface area contributed by atoms with Gasteiger partial charge in [-0.25, -0.2) is 4.99 Å². The summed E-state index contributed by atoms with van der Waals surface area (Å²) in [5.74, 6) is 0. The quantitative estimate of drug-likeness (QED) is 0.653. The molecule has 1 aliphatic rings. The molecule has 2 rings (SSSR count). The largest absolute Gasteiger partial charge is 0.264 e. The molecule has 0 fully saturated rings. The van der Waals surface area contributed by atoms with Crippen molar-refractivity contribution >= 4 is 12.6 Å². The Bertz CT molecular complexity index is 329. The van der Waals surface area contributed by atoms with Crippen molar-refractivity contribution in [2.75, 3.05) is 0 Å². The summed E-state index contributed by atoms with van der Waals surface area (Å²) in [6, 6.07) is 11.0. The number of aliphatic imine (C=N–C) groups is 2. The van der Waals surface area contributed by atoms with Crippen LogP contribution in [0.25, 0.3) is 0 Å². The SMILES string of the molecule is C1=NC=NC1CCCCc1ccccc1. The van der Waals surface area contributed by atoms with Crippen LogP contribution < -0.4 is 0 Å². The molecule has 0 saturated carbocycles. The van der Waals surface area contributed by atoms with Gasteiger partial charge in [0.15, 0.2) is 0 Å². The number of nitrogens with zero attached hydrogens (tertiary/aromatic N) is 2. The van der Waals surface area contributed by atoms with Crippen LogP contribution in [0.5, 0.6) is 0 Å². The average molecular weight is 200 g/mol. The molecule has 1 heterocycles. The molecule has 0 bridgehead atoms. The Labute approximate surface area is 90.8 Å². The maximum Gasteiger partial charge on any atom is 0.110 e. The Balaban J connectivity index is 1.63. The first-order chi connectivity index (χ1) is 7.45. The van der Waals surface area contributed by atoms with E-state index in [2.05, 4.69) is 40.3 Å². The summed E-state index contributed by atoms with van der Waals surface area (Å²) in [7, 11) is 0. The van der Waals surface area contributed by atoms with Crippen molar-refractivity contribution in [1.29, 1.82) is 0 Å². The van der Waals surface area contributed by atoms with Crippen LogP contribution in [0.1, 0.15) is 24.8 Å². The predicted octanol–water partition coefficient (Wildman–Crippen LogP) is 2.88. The molecule has 1 aromatic carbocycles. The minimum Gasteiger partial charge on any atom is -0.264 e. The monoisotopic (exact) mass is 200 g/mol. The molecule has 2 nitrogen and oxygen atoms in total. The zero-order valence-electron chi connectivity index (χ0n) is 8.84. The van der Waals surface area contributed by atoms with Gasteiger partial charge in [0, 0.05) is 6.21 Å². The van der Waals surface area contributed by atoms with Crippen molar-refractivity contribution in [2.24, 2.45) is 9.98 Å². The van der Waals surface area contributed by atoms with E-state index in [1.807, 2.05) is 6.21 Å². The van der Waals surface area contributed by atoms with Crippen molar-refractivity contribution in [3.63, 3.8) is 0 Å². The highest BCUT2D eigenvalue weighted by molar-refractivity contribution is 5.82. The molecule has 0 amide bonds. The van der Waals surface area contributed by atoms with E-state index in [9.17, 15) is 0 Å². The second-order valence-electron chi connectivity index (χ2n) is 3.86. The van der Waals surface area contributed by atoms with Gasteiger partial charge < -0.3 is 0 Å². The zero-order valence-corrected chi connectivity index (χ0v) is 8.84. The molecule has 0 aliphatic carbocycles. The van der Waals surface area contributed by atoms with Crippen molar-refractivity contribution in [3.05, 3.63) is 35.9 Å². The third-order valence-corrected chi connectivity index (χ3v) is 2.64. The lowest BCUT2D eigenvalue weighted by molar-refractivity contribution is 0.657. The summed E-state index contributed by atoms with van der Waals surface area (Å²) in [5, 5.41) is 0. The molecular weight excluding hydrogens is 184 g/mol. The van der Waals surface area contributed by atoms with Crippen LogP contribution in [0.3, 0.4) is 0 Å². The lowest BCUT2D eigenvalue weighted by atomic mass is 10.1. The van der Waals surface area contributed by atoms with Gasteiger partial charge in [0.25, 0.3) is 0 Å². The fourth-order valence-corrected chi connectivity index (χ4v) is 1.78. The Hall–Kier alpha value is -1.44. The molecule has 1 unspecified atom stereocenters. The van der Waals surface area contributed by atoms with E-state index >= 15 is 0 Å². The molecule has 0 spiro atoms. The minimum atomic E-state index is 0.348. The topological polar surface area (TPSA) is 24.7 Å². The number of benzene rings is 1. The summed E-state index contributed by atoms with van der Waals surface area (Å²) in [6.45, 7) is 0. The highest BCUT2D eigenvalue weighted by Crippen LogP contribution is 2.09. The summed E-state index contributed by atoms with van der Waals surface area (Å²) in [5.41, 5.74) is 1.43. The number of hydrogen-bond acceptors (Lipinski definition) is 2. The van der Waals surface area contributed by atoms with Crippen LogP contribution in [-0.2, 0) is 6.42 Å². The summed E-state index contributed by atoms with van der Waals surface area (Å²) in [6.07, 6.45) is 8.36. The molecule has 1 aliphatic heterocycles. The minimum absolute atomic E-state index is 0.348. The van der Waals surface area contributed by atoms with Crippen LogP contribution >= 0.6 is 0 Å². The van der Waals surface area contributed by atoms with E-state index in [0.29, 0.717) is 6.04 Å². The van der Waals surface area contributed by atoms with E-state index in [0.717, 1.165) is 6.42 Å². The molecule has 0 N–H and O–H groups in total. The van der Waals surface area contributed by atoms with Gasteiger partial charge in [0.2, 0.25) is 0 Å². The standard InChI is InChI=1S/C13H16N2/c1-2-6-12(7-3-1)8-4-5-9-13-10-14-11-15-13/h1-3,6-7,10-11,13H,4-5,8-9H2. The van der Waals surface area contributed by atoms with Gasteiger partial charge in [-0.3, -0.25) is 4.99 Å². The first-order valence-corrected chi connectivity index (χ1v) is 5.54. The number of unbranched alkanes of at least 4 members (excludes halogenated alkanes) is 1. The first-order valence-electron chi connectivity index (χ1n) is 5.54. The molecule has 78 valence electrons. The summed E-state index contributed by atoms with van der Waals surface area (Å²) >= 11 is 0. The molecule has 2 heteroatoms. The van der Waals surface area contributed by atoms with Crippen molar-refractivity contribution in [3.8, 4) is 0 Å². The summed E-state index contributed by atoms with van der Waals surface area (Å²) in [4.78, 5) is 8.22.